The summed E-state index contributed by atoms with van der Waals surface area (Å²) in [7, 11) is 0. The van der Waals surface area contributed by atoms with Crippen molar-refractivity contribution in [3.05, 3.63) is 11.6 Å². The number of hydrazone groups is 1. The fraction of sp³-hybridized carbons (Fsp3) is 0.636. The maximum absolute atomic E-state index is 10.4. The molecule has 3 N–H and O–H groups in total. The van der Waals surface area contributed by atoms with E-state index in [1.807, 2.05) is 0 Å². The number of rotatable bonds is 2. The van der Waals surface area contributed by atoms with E-state index >= 15 is 0 Å². The van der Waals surface area contributed by atoms with E-state index in [0.29, 0.717) is 17.8 Å². The molecule has 0 aromatic rings. The summed E-state index contributed by atoms with van der Waals surface area (Å²) in [4.78, 5) is 10.4. The maximum Gasteiger partial charge on any atom is 0.332 e. The first-order chi connectivity index (χ1) is 7.00. The van der Waals surface area contributed by atoms with Gasteiger partial charge in [-0.15, -0.1) is 0 Å². The topological polar surface area (TPSA) is 67.5 Å². The summed E-state index contributed by atoms with van der Waals surface area (Å²) < 4.78 is 0. The molecule has 0 saturated heterocycles. The van der Waals surface area contributed by atoms with Gasteiger partial charge in [0.05, 0.1) is 0 Å². The number of nitrogens with one attached hydrogen (secondary N) is 1. The van der Waals surface area contributed by atoms with E-state index < -0.39 is 6.03 Å². The third-order valence-electron chi connectivity index (χ3n) is 2.88. The van der Waals surface area contributed by atoms with Crippen LogP contribution in [0.3, 0.4) is 0 Å². The number of nitrogens with two attached hydrogens (primary N) is 1. The van der Waals surface area contributed by atoms with Crippen LogP contribution in [0.4, 0.5) is 4.79 Å². The van der Waals surface area contributed by atoms with Crippen LogP contribution < -0.4 is 11.2 Å². The van der Waals surface area contributed by atoms with Crippen LogP contribution >= 0.6 is 0 Å². The van der Waals surface area contributed by atoms with E-state index in [0.717, 1.165) is 6.42 Å². The van der Waals surface area contributed by atoms with Crippen LogP contribution in [-0.2, 0) is 0 Å². The lowest BCUT2D eigenvalue weighted by Gasteiger charge is -2.29. The minimum Gasteiger partial charge on any atom is -0.350 e. The summed E-state index contributed by atoms with van der Waals surface area (Å²) in [6.07, 6.45) is 5.15. The number of urea groups is 1. The van der Waals surface area contributed by atoms with Crippen LogP contribution in [0.5, 0.6) is 0 Å². The molecule has 0 aromatic heterocycles. The molecule has 15 heavy (non-hydrogen) atoms. The van der Waals surface area contributed by atoms with E-state index in [2.05, 4.69) is 37.4 Å². The van der Waals surface area contributed by atoms with Gasteiger partial charge in [-0.25, -0.2) is 10.2 Å². The Bertz CT molecular complexity index is 296. The van der Waals surface area contributed by atoms with Crippen LogP contribution in [-0.4, -0.2) is 12.2 Å². The third-order valence-corrected chi connectivity index (χ3v) is 2.88. The highest BCUT2D eigenvalue weighted by atomic mass is 16.2. The first kappa shape index (κ1) is 11.8. The number of carbonyl (C=O) groups excluding carboxylic acids is 1. The molecule has 3 atom stereocenters. The van der Waals surface area contributed by atoms with Crippen LogP contribution in [0.25, 0.3) is 0 Å². The van der Waals surface area contributed by atoms with Crippen molar-refractivity contribution in [3.8, 4) is 0 Å². The van der Waals surface area contributed by atoms with Gasteiger partial charge in [0.2, 0.25) is 0 Å². The van der Waals surface area contributed by atoms with E-state index in [9.17, 15) is 4.79 Å². The van der Waals surface area contributed by atoms with Crippen molar-refractivity contribution in [2.45, 2.75) is 27.2 Å². The third kappa shape index (κ3) is 3.38. The highest BCUT2D eigenvalue weighted by molar-refractivity contribution is 5.73. The molecule has 0 saturated carbocycles. The molecule has 1 aliphatic carbocycles. The normalized spacial score (nSPS) is 31.4. The van der Waals surface area contributed by atoms with Crippen LogP contribution in [0.2, 0.25) is 0 Å². The van der Waals surface area contributed by atoms with Gasteiger partial charge in [0.1, 0.15) is 0 Å². The van der Waals surface area contributed by atoms with Crippen molar-refractivity contribution < 1.29 is 4.79 Å². The zero-order chi connectivity index (χ0) is 11.4. The Morgan fingerprint density at radius 2 is 2.33 bits per heavy atom. The molecule has 1 aliphatic rings. The predicted octanol–water partition coefficient (Wildman–Crippen LogP) is 1.88. The predicted molar refractivity (Wildman–Crippen MR) is 61.4 cm³/mol. The van der Waals surface area contributed by atoms with Crippen LogP contribution in [0.15, 0.2) is 16.8 Å². The van der Waals surface area contributed by atoms with Gasteiger partial charge >= 0.3 is 6.03 Å². The van der Waals surface area contributed by atoms with Gasteiger partial charge in [-0.3, -0.25) is 0 Å². The molecule has 1 rings (SSSR count). The summed E-state index contributed by atoms with van der Waals surface area (Å²) in [5.74, 6) is 1.40. The molecular formula is C11H19N3O. The number of allylic oxidation sites excluding steroid dienone is 2. The van der Waals surface area contributed by atoms with Crippen LogP contribution in [0, 0.1) is 17.8 Å². The fourth-order valence-electron chi connectivity index (χ4n) is 2.26. The Hall–Kier alpha value is -1.32. The quantitative estimate of drug-likeness (QED) is 0.407. The molecule has 84 valence electrons. The Morgan fingerprint density at radius 3 is 2.87 bits per heavy atom. The lowest BCUT2D eigenvalue weighted by atomic mass is 9.76. The average molecular weight is 209 g/mol. The van der Waals surface area contributed by atoms with E-state index in [4.69, 9.17) is 5.73 Å². The zero-order valence-corrected chi connectivity index (χ0v) is 9.53. The second-order valence-corrected chi connectivity index (χ2v) is 4.39. The van der Waals surface area contributed by atoms with Crippen molar-refractivity contribution in [2.24, 2.45) is 28.6 Å². The van der Waals surface area contributed by atoms with Gasteiger partial charge in [-0.05, 0) is 25.2 Å². The second kappa shape index (κ2) is 4.96. The molecule has 0 aromatic carbocycles. The lowest BCUT2D eigenvalue weighted by molar-refractivity contribution is 0.249. The minimum atomic E-state index is -0.617. The summed E-state index contributed by atoms with van der Waals surface area (Å²) in [5.41, 5.74) is 8.59. The minimum absolute atomic E-state index is 0.376. The summed E-state index contributed by atoms with van der Waals surface area (Å²) in [6, 6.07) is -0.617. The van der Waals surface area contributed by atoms with Crippen LogP contribution in [0.1, 0.15) is 27.2 Å². The first-order valence-electron chi connectivity index (χ1n) is 5.26. The van der Waals surface area contributed by atoms with Gasteiger partial charge < -0.3 is 5.73 Å². The fourth-order valence-corrected chi connectivity index (χ4v) is 2.26. The molecule has 4 nitrogen and oxygen atoms in total. The zero-order valence-electron chi connectivity index (χ0n) is 9.53. The molecule has 0 fully saturated rings. The number of carbonyl (C=O) groups is 1. The molecule has 4 heteroatoms. The first-order valence-corrected chi connectivity index (χ1v) is 5.26. The number of hydrogen-bond acceptors (Lipinski definition) is 2. The van der Waals surface area contributed by atoms with Gasteiger partial charge in [0.25, 0.3) is 0 Å². The number of primary amides is 1. The van der Waals surface area contributed by atoms with Crippen molar-refractivity contribution in [3.63, 3.8) is 0 Å². The summed E-state index contributed by atoms with van der Waals surface area (Å²) >= 11 is 0. The van der Waals surface area contributed by atoms with E-state index in [1.54, 1.807) is 6.21 Å². The maximum atomic E-state index is 10.4. The van der Waals surface area contributed by atoms with Gasteiger partial charge in [0, 0.05) is 12.1 Å². The van der Waals surface area contributed by atoms with Crippen molar-refractivity contribution in [2.75, 3.05) is 0 Å². The summed E-state index contributed by atoms with van der Waals surface area (Å²) in [6.45, 7) is 6.52. The smallest absolute Gasteiger partial charge is 0.332 e. The highest BCUT2D eigenvalue weighted by Crippen LogP contribution is 2.31. The molecule has 2 amide bonds. The SMILES string of the molecule is CC1=C[C@H](C)[C@H](/C=N\NC(N)=O)[C@H](C)C1. The number of nitrogens with zero attached hydrogens (tertiary/aromatic N) is 1. The molecule has 0 radical (unpaired) electrons. The highest BCUT2D eigenvalue weighted by Gasteiger charge is 2.25. The van der Waals surface area contributed by atoms with Gasteiger partial charge in [0.15, 0.2) is 0 Å². The Morgan fingerprint density at radius 1 is 1.67 bits per heavy atom. The molecule has 0 heterocycles. The monoisotopic (exact) mass is 209 g/mol. The Balaban J connectivity index is 2.61. The second-order valence-electron chi connectivity index (χ2n) is 4.39. The van der Waals surface area contributed by atoms with Crippen molar-refractivity contribution in [1.82, 2.24) is 5.43 Å². The molecule has 0 spiro atoms. The molecular weight excluding hydrogens is 190 g/mol. The number of amides is 2. The standard InChI is InChI=1S/C11H19N3O/c1-7-4-8(2)10(9(3)5-7)6-13-14-11(12)15/h4,6,8-10H,5H2,1-3H3,(H3,12,14,15)/b13-6-/t8-,9+,10-/m0/s1. The largest absolute Gasteiger partial charge is 0.350 e. The average Bonchev–Trinajstić information content (AvgIpc) is 2.08. The molecule has 0 unspecified atom stereocenters. The van der Waals surface area contributed by atoms with E-state index in [1.165, 1.54) is 5.57 Å². The van der Waals surface area contributed by atoms with E-state index in [-0.39, 0.29) is 0 Å². The Labute approximate surface area is 90.6 Å². The molecule has 0 aliphatic heterocycles. The summed E-state index contributed by atoms with van der Waals surface area (Å²) in [5, 5.41) is 3.84. The lowest BCUT2D eigenvalue weighted by Crippen LogP contribution is -2.28. The number of hydrogen-bond donors (Lipinski definition) is 2. The van der Waals surface area contributed by atoms with Crippen molar-refractivity contribution in [1.29, 1.82) is 0 Å². The molecule has 0 bridgehead atoms. The van der Waals surface area contributed by atoms with Crippen molar-refractivity contribution >= 4 is 12.2 Å². The Kier molecular flexibility index (Phi) is 3.88. The van der Waals surface area contributed by atoms with Gasteiger partial charge in [-0.2, -0.15) is 5.10 Å². The van der Waals surface area contributed by atoms with Gasteiger partial charge in [-0.1, -0.05) is 25.5 Å².